The molecular formula is C17H19N5O4. The number of nitrogens with zero attached hydrogens (tertiary/aromatic N) is 3. The molecule has 1 aromatic heterocycles. The minimum absolute atomic E-state index is 0.0537. The molecule has 1 fully saturated rings. The molecule has 1 saturated heterocycles. The smallest absolute Gasteiger partial charge is 0.262 e. The molecule has 3 amide bonds. The first kappa shape index (κ1) is 17.5. The maximum Gasteiger partial charge on any atom is 0.262 e. The molecule has 0 atom stereocenters. The number of aromatic nitrogens is 2. The highest BCUT2D eigenvalue weighted by Crippen LogP contribution is 2.18. The Labute approximate surface area is 149 Å². The first-order chi connectivity index (χ1) is 12.5. The van der Waals surface area contributed by atoms with Crippen LogP contribution in [0.5, 0.6) is 5.88 Å². The quantitative estimate of drug-likeness (QED) is 0.816. The summed E-state index contributed by atoms with van der Waals surface area (Å²) in [7, 11) is 3.14. The molecule has 3 rings (SSSR count). The van der Waals surface area contributed by atoms with E-state index in [-0.39, 0.29) is 30.1 Å². The Morgan fingerprint density at radius 1 is 1.27 bits per heavy atom. The number of rotatable bonds is 4. The summed E-state index contributed by atoms with van der Waals surface area (Å²) in [5.41, 5.74) is 1.31. The lowest BCUT2D eigenvalue weighted by molar-refractivity contribution is -0.123. The Morgan fingerprint density at radius 2 is 2.00 bits per heavy atom. The molecule has 1 aliphatic rings. The van der Waals surface area contributed by atoms with Crippen LogP contribution >= 0.6 is 0 Å². The maximum atomic E-state index is 12.4. The third-order valence-corrected chi connectivity index (χ3v) is 3.95. The zero-order valence-corrected chi connectivity index (χ0v) is 14.5. The molecule has 9 heteroatoms. The van der Waals surface area contributed by atoms with Crippen LogP contribution in [0.3, 0.4) is 0 Å². The van der Waals surface area contributed by atoms with E-state index in [0.29, 0.717) is 29.9 Å². The van der Waals surface area contributed by atoms with Crippen molar-refractivity contribution in [2.75, 3.05) is 32.1 Å². The van der Waals surface area contributed by atoms with Crippen molar-refractivity contribution in [1.82, 2.24) is 20.0 Å². The van der Waals surface area contributed by atoms with Gasteiger partial charge in [-0.2, -0.15) is 0 Å². The average Bonchev–Trinajstić information content (AvgIpc) is 3.03. The van der Waals surface area contributed by atoms with E-state index in [1.807, 2.05) is 0 Å². The second-order valence-electron chi connectivity index (χ2n) is 5.83. The minimum Gasteiger partial charge on any atom is -0.479 e. The third-order valence-electron chi connectivity index (χ3n) is 3.95. The van der Waals surface area contributed by atoms with Gasteiger partial charge in [-0.1, -0.05) is 0 Å². The van der Waals surface area contributed by atoms with Crippen molar-refractivity contribution in [3.8, 4) is 5.88 Å². The number of methoxy groups -OCH3 is 1. The first-order valence-corrected chi connectivity index (χ1v) is 8.03. The van der Waals surface area contributed by atoms with Crippen molar-refractivity contribution < 1.29 is 19.1 Å². The predicted octanol–water partition coefficient (Wildman–Crippen LogP) is 0.253. The normalized spacial score (nSPS) is 13.9. The summed E-state index contributed by atoms with van der Waals surface area (Å²) in [6, 6.07) is 6.51. The van der Waals surface area contributed by atoms with Gasteiger partial charge in [0, 0.05) is 37.6 Å². The molecule has 0 radical (unpaired) electrons. The van der Waals surface area contributed by atoms with E-state index >= 15 is 0 Å². The second kappa shape index (κ2) is 7.26. The molecule has 0 saturated carbocycles. The Kier molecular flexibility index (Phi) is 4.87. The van der Waals surface area contributed by atoms with E-state index in [1.165, 1.54) is 16.7 Å². The van der Waals surface area contributed by atoms with Gasteiger partial charge in [0.05, 0.1) is 13.7 Å². The maximum absolute atomic E-state index is 12.4. The molecular weight excluding hydrogens is 338 g/mol. The van der Waals surface area contributed by atoms with Crippen molar-refractivity contribution in [3.05, 3.63) is 41.6 Å². The molecule has 1 aromatic carbocycles. The summed E-state index contributed by atoms with van der Waals surface area (Å²) >= 11 is 0. The number of amides is 3. The van der Waals surface area contributed by atoms with E-state index in [9.17, 15) is 14.4 Å². The van der Waals surface area contributed by atoms with Gasteiger partial charge in [0.25, 0.3) is 11.8 Å². The van der Waals surface area contributed by atoms with Gasteiger partial charge in [0.1, 0.15) is 5.56 Å². The molecule has 9 nitrogen and oxygen atoms in total. The highest BCUT2D eigenvalue weighted by Gasteiger charge is 2.22. The van der Waals surface area contributed by atoms with E-state index in [4.69, 9.17) is 4.74 Å². The van der Waals surface area contributed by atoms with Crippen LogP contribution in [0.4, 0.5) is 5.69 Å². The third kappa shape index (κ3) is 3.66. The van der Waals surface area contributed by atoms with Crippen molar-refractivity contribution in [2.24, 2.45) is 7.05 Å². The fourth-order valence-corrected chi connectivity index (χ4v) is 2.66. The molecule has 0 unspecified atom stereocenters. The average molecular weight is 357 g/mol. The summed E-state index contributed by atoms with van der Waals surface area (Å²) in [6.07, 6.45) is 1.56. The van der Waals surface area contributed by atoms with Crippen LogP contribution in [0.25, 0.3) is 0 Å². The molecule has 1 aliphatic heterocycles. The number of benzene rings is 1. The lowest BCUT2D eigenvalue weighted by Gasteiger charge is -2.26. The fraction of sp³-hybridized carbons (Fsp3) is 0.294. The summed E-state index contributed by atoms with van der Waals surface area (Å²) in [6.45, 7) is 0.980. The fourth-order valence-electron chi connectivity index (χ4n) is 2.66. The molecule has 0 bridgehead atoms. The van der Waals surface area contributed by atoms with Gasteiger partial charge in [-0.3, -0.25) is 19.1 Å². The van der Waals surface area contributed by atoms with E-state index in [0.717, 1.165) is 0 Å². The van der Waals surface area contributed by atoms with Crippen molar-refractivity contribution in [3.63, 3.8) is 0 Å². The molecule has 26 heavy (non-hydrogen) atoms. The molecule has 2 heterocycles. The highest BCUT2D eigenvalue weighted by molar-refractivity contribution is 6.06. The van der Waals surface area contributed by atoms with Crippen molar-refractivity contribution in [2.45, 2.75) is 0 Å². The number of aryl methyl sites for hydroxylation is 1. The zero-order chi connectivity index (χ0) is 18.7. The van der Waals surface area contributed by atoms with Gasteiger partial charge in [0.2, 0.25) is 11.8 Å². The number of anilines is 1. The number of carbonyl (C=O) groups excluding carboxylic acids is 3. The van der Waals surface area contributed by atoms with Gasteiger partial charge in [-0.15, -0.1) is 5.10 Å². The zero-order valence-electron chi connectivity index (χ0n) is 14.5. The first-order valence-electron chi connectivity index (χ1n) is 8.03. The minimum atomic E-state index is -0.360. The van der Waals surface area contributed by atoms with E-state index in [2.05, 4.69) is 15.7 Å². The Morgan fingerprint density at radius 3 is 2.65 bits per heavy atom. The lowest BCUT2D eigenvalue weighted by Crippen LogP contribution is -2.49. The largest absolute Gasteiger partial charge is 0.479 e. The molecule has 2 N–H and O–H groups in total. The van der Waals surface area contributed by atoms with Crippen LogP contribution in [0, 0.1) is 0 Å². The van der Waals surface area contributed by atoms with Gasteiger partial charge in [0.15, 0.2) is 0 Å². The van der Waals surface area contributed by atoms with Crippen LogP contribution in [-0.4, -0.2) is 59.1 Å². The summed E-state index contributed by atoms with van der Waals surface area (Å²) < 4.78 is 6.57. The topological polar surface area (TPSA) is 106 Å². The van der Waals surface area contributed by atoms with Crippen LogP contribution in [0.2, 0.25) is 0 Å². The number of carbonyl (C=O) groups is 3. The molecule has 136 valence electrons. The van der Waals surface area contributed by atoms with Crippen LogP contribution < -0.4 is 15.4 Å². The number of hydrogen-bond donors (Lipinski definition) is 2. The number of hydrogen-bond acceptors (Lipinski definition) is 5. The molecule has 2 aromatic rings. The Bertz CT molecular complexity index is 843. The van der Waals surface area contributed by atoms with Crippen molar-refractivity contribution >= 4 is 23.4 Å². The van der Waals surface area contributed by atoms with E-state index in [1.54, 1.807) is 37.5 Å². The van der Waals surface area contributed by atoms with Gasteiger partial charge >= 0.3 is 0 Å². The summed E-state index contributed by atoms with van der Waals surface area (Å²) in [4.78, 5) is 37.7. The second-order valence-corrected chi connectivity index (χ2v) is 5.83. The SMILES string of the molecule is COc1nn(C)cc1C(=O)Nc1ccc(C(=O)N2CCNC(=O)C2)cc1. The highest BCUT2D eigenvalue weighted by atomic mass is 16.5. The Hall–Kier alpha value is -3.36. The predicted molar refractivity (Wildman–Crippen MR) is 93.1 cm³/mol. The lowest BCUT2D eigenvalue weighted by atomic mass is 10.1. The van der Waals surface area contributed by atoms with E-state index < -0.39 is 0 Å². The summed E-state index contributed by atoms with van der Waals surface area (Å²) in [5.74, 6) is -0.507. The van der Waals surface area contributed by atoms with Crippen LogP contribution in [0.1, 0.15) is 20.7 Å². The van der Waals surface area contributed by atoms with Crippen LogP contribution in [0.15, 0.2) is 30.5 Å². The Balaban J connectivity index is 1.68. The van der Waals surface area contributed by atoms with Crippen LogP contribution in [-0.2, 0) is 11.8 Å². The standard InChI is InChI=1S/C17H19N5O4/c1-21-9-13(16(20-21)26-2)15(24)19-12-5-3-11(4-6-12)17(25)22-8-7-18-14(23)10-22/h3-6,9H,7-8,10H2,1-2H3,(H,18,23)(H,19,24). The van der Waals surface area contributed by atoms with Crippen molar-refractivity contribution in [1.29, 1.82) is 0 Å². The monoisotopic (exact) mass is 357 g/mol. The van der Waals surface area contributed by atoms with Gasteiger partial charge in [-0.25, -0.2) is 0 Å². The number of ether oxygens (including phenoxy) is 1. The molecule has 0 aliphatic carbocycles. The number of piperazine rings is 1. The summed E-state index contributed by atoms with van der Waals surface area (Å²) in [5, 5.41) is 9.45. The number of nitrogens with one attached hydrogen (secondary N) is 2. The molecule has 0 spiro atoms. The van der Waals surface area contributed by atoms with Gasteiger partial charge < -0.3 is 20.3 Å². The van der Waals surface area contributed by atoms with Gasteiger partial charge in [-0.05, 0) is 24.3 Å².